The van der Waals surface area contributed by atoms with Crippen LogP contribution in [-0.4, -0.2) is 47.4 Å². The van der Waals surface area contributed by atoms with Gasteiger partial charge in [-0.3, -0.25) is 9.59 Å². The van der Waals surface area contributed by atoms with E-state index in [0.717, 1.165) is 44.9 Å². The van der Waals surface area contributed by atoms with Crippen LogP contribution in [0.2, 0.25) is 0 Å². The number of carbonyl (C=O) groups is 2. The average molecular weight is 931 g/mol. The molecule has 0 saturated carbocycles. The maximum atomic E-state index is 12.5. The summed E-state index contributed by atoms with van der Waals surface area (Å²) in [4.78, 5) is 24.4. The number of carbonyl (C=O) groups excluding carboxylic acids is 2. The normalized spacial score (nSPS) is 12.7. The summed E-state index contributed by atoms with van der Waals surface area (Å²) in [7, 11) is 0. The molecule has 6 heteroatoms. The van der Waals surface area contributed by atoms with E-state index in [0.29, 0.717) is 25.9 Å². The van der Waals surface area contributed by atoms with Crippen molar-refractivity contribution in [2.45, 2.75) is 334 Å². The third-order valence-electron chi connectivity index (χ3n) is 13.8. The van der Waals surface area contributed by atoms with Crippen molar-refractivity contribution in [1.82, 2.24) is 5.32 Å². The summed E-state index contributed by atoms with van der Waals surface area (Å²) >= 11 is 0. The molecule has 0 aromatic carbocycles. The van der Waals surface area contributed by atoms with Gasteiger partial charge in [0, 0.05) is 12.8 Å². The summed E-state index contributed by atoms with van der Waals surface area (Å²) in [5.74, 6) is -0.0316. The standard InChI is InChI=1S/C60H115NO5/c1-3-5-7-9-11-13-15-29-33-36-40-44-48-52-58(63)57(56-62)61-59(64)53-49-45-41-37-34-30-27-25-23-21-19-17-16-18-20-22-24-26-28-31-35-39-43-47-51-55-66-60(65)54-50-46-42-38-32-14-12-10-8-6-4-2/h17-20,57-58,62-63H,3-16,21-56H2,1-2H3,(H,61,64)/b19-17-,20-18-. The zero-order valence-electron chi connectivity index (χ0n) is 44.4. The van der Waals surface area contributed by atoms with Crippen molar-refractivity contribution in [3.63, 3.8) is 0 Å². The molecule has 0 aliphatic carbocycles. The molecule has 2 atom stereocenters. The number of allylic oxidation sites excluding steroid dienone is 4. The third-order valence-corrected chi connectivity index (χ3v) is 13.8. The van der Waals surface area contributed by atoms with Gasteiger partial charge in [0.25, 0.3) is 0 Å². The fourth-order valence-corrected chi connectivity index (χ4v) is 9.20. The van der Waals surface area contributed by atoms with Gasteiger partial charge in [0.1, 0.15) is 0 Å². The number of nitrogens with one attached hydrogen (secondary N) is 1. The summed E-state index contributed by atoms with van der Waals surface area (Å²) < 4.78 is 5.46. The van der Waals surface area contributed by atoms with Crippen LogP contribution in [0.15, 0.2) is 24.3 Å². The van der Waals surface area contributed by atoms with Crippen LogP contribution in [0, 0.1) is 0 Å². The average Bonchev–Trinajstić information content (AvgIpc) is 3.32. The van der Waals surface area contributed by atoms with Gasteiger partial charge in [-0.05, 0) is 57.8 Å². The number of amides is 1. The fourth-order valence-electron chi connectivity index (χ4n) is 9.20. The topological polar surface area (TPSA) is 95.9 Å². The predicted molar refractivity (Wildman–Crippen MR) is 287 cm³/mol. The van der Waals surface area contributed by atoms with E-state index in [1.165, 1.54) is 244 Å². The van der Waals surface area contributed by atoms with E-state index in [4.69, 9.17) is 4.74 Å². The molecule has 390 valence electrons. The molecule has 1 amide bonds. The lowest BCUT2D eigenvalue weighted by Gasteiger charge is -2.22. The van der Waals surface area contributed by atoms with Crippen LogP contribution >= 0.6 is 0 Å². The number of ether oxygens (including phenoxy) is 1. The number of hydrogen-bond acceptors (Lipinski definition) is 5. The fraction of sp³-hybridized carbons (Fsp3) is 0.900. The smallest absolute Gasteiger partial charge is 0.305 e. The highest BCUT2D eigenvalue weighted by atomic mass is 16.5. The van der Waals surface area contributed by atoms with Crippen LogP contribution in [-0.2, 0) is 14.3 Å². The molecule has 0 heterocycles. The van der Waals surface area contributed by atoms with Gasteiger partial charge < -0.3 is 20.3 Å². The van der Waals surface area contributed by atoms with Crippen molar-refractivity contribution < 1.29 is 24.5 Å². The quantitative estimate of drug-likeness (QED) is 0.0321. The van der Waals surface area contributed by atoms with Crippen molar-refractivity contribution in [1.29, 1.82) is 0 Å². The van der Waals surface area contributed by atoms with Gasteiger partial charge in [-0.1, -0.05) is 276 Å². The predicted octanol–water partition coefficient (Wildman–Crippen LogP) is 18.2. The molecule has 0 aromatic heterocycles. The Balaban J connectivity index is 3.43. The van der Waals surface area contributed by atoms with Gasteiger partial charge in [0.05, 0.1) is 25.4 Å². The van der Waals surface area contributed by atoms with Crippen LogP contribution in [0.25, 0.3) is 0 Å². The summed E-state index contributed by atoms with van der Waals surface area (Å²) in [6, 6.07) is -0.545. The Kier molecular flexibility index (Phi) is 54.5. The zero-order valence-corrected chi connectivity index (χ0v) is 44.4. The molecular formula is C60H115NO5. The number of esters is 1. The van der Waals surface area contributed by atoms with E-state index in [1.807, 2.05) is 0 Å². The highest BCUT2D eigenvalue weighted by Gasteiger charge is 2.20. The summed E-state index contributed by atoms with van der Waals surface area (Å²) in [6.45, 7) is 4.95. The molecule has 0 aromatic rings. The van der Waals surface area contributed by atoms with E-state index >= 15 is 0 Å². The monoisotopic (exact) mass is 930 g/mol. The SMILES string of the molecule is CCCCCCCCCCCCCCCC(O)C(CO)NC(=O)CCCCCCCCCCC/C=C\C/C=C\CCCCCCCCCCCOC(=O)CCCCCCCCCCCCC. The minimum absolute atomic E-state index is 0.00877. The first-order valence-electron chi connectivity index (χ1n) is 29.6. The van der Waals surface area contributed by atoms with Crippen molar-refractivity contribution in [3.8, 4) is 0 Å². The van der Waals surface area contributed by atoms with Crippen molar-refractivity contribution >= 4 is 11.9 Å². The zero-order chi connectivity index (χ0) is 47.9. The van der Waals surface area contributed by atoms with Crippen LogP contribution in [0.3, 0.4) is 0 Å². The van der Waals surface area contributed by atoms with Gasteiger partial charge in [-0.15, -0.1) is 0 Å². The maximum Gasteiger partial charge on any atom is 0.305 e. The Labute approximate surface area is 411 Å². The Hall–Kier alpha value is -1.66. The molecule has 0 aliphatic heterocycles. The first-order valence-corrected chi connectivity index (χ1v) is 29.6. The Morgan fingerprint density at radius 1 is 0.424 bits per heavy atom. The highest BCUT2D eigenvalue weighted by molar-refractivity contribution is 5.76. The minimum atomic E-state index is -0.667. The van der Waals surface area contributed by atoms with Crippen molar-refractivity contribution in [2.24, 2.45) is 0 Å². The Bertz CT molecular complexity index is 1030. The van der Waals surface area contributed by atoms with E-state index < -0.39 is 12.1 Å². The van der Waals surface area contributed by atoms with Gasteiger partial charge >= 0.3 is 5.97 Å². The second kappa shape index (κ2) is 55.9. The third kappa shape index (κ3) is 51.7. The van der Waals surface area contributed by atoms with Crippen LogP contribution in [0.4, 0.5) is 0 Å². The number of aliphatic hydroxyl groups is 2. The lowest BCUT2D eigenvalue weighted by atomic mass is 10.0. The number of aliphatic hydroxyl groups excluding tert-OH is 2. The minimum Gasteiger partial charge on any atom is -0.466 e. The lowest BCUT2D eigenvalue weighted by Crippen LogP contribution is -2.45. The molecule has 0 fully saturated rings. The highest BCUT2D eigenvalue weighted by Crippen LogP contribution is 2.17. The molecule has 0 spiro atoms. The van der Waals surface area contributed by atoms with E-state index in [1.54, 1.807) is 0 Å². The molecule has 2 unspecified atom stereocenters. The van der Waals surface area contributed by atoms with Crippen LogP contribution in [0.5, 0.6) is 0 Å². The molecule has 0 aliphatic rings. The van der Waals surface area contributed by atoms with Crippen molar-refractivity contribution in [2.75, 3.05) is 13.2 Å². The van der Waals surface area contributed by atoms with E-state index in [2.05, 4.69) is 43.5 Å². The molecule has 0 saturated heterocycles. The first-order chi connectivity index (χ1) is 32.5. The van der Waals surface area contributed by atoms with Crippen LogP contribution in [0.1, 0.15) is 322 Å². The number of unbranched alkanes of at least 4 members (excludes halogenated alkanes) is 40. The molecule has 3 N–H and O–H groups in total. The molecule has 6 nitrogen and oxygen atoms in total. The van der Waals surface area contributed by atoms with E-state index in [-0.39, 0.29) is 18.5 Å². The summed E-state index contributed by atoms with van der Waals surface area (Å²) in [5.41, 5.74) is 0. The first kappa shape index (κ1) is 64.3. The van der Waals surface area contributed by atoms with Gasteiger partial charge in [-0.25, -0.2) is 0 Å². The largest absolute Gasteiger partial charge is 0.466 e. The maximum absolute atomic E-state index is 12.5. The molecular weight excluding hydrogens is 815 g/mol. The lowest BCUT2D eigenvalue weighted by molar-refractivity contribution is -0.143. The number of rotatable bonds is 55. The van der Waals surface area contributed by atoms with Gasteiger partial charge in [0.15, 0.2) is 0 Å². The Morgan fingerprint density at radius 2 is 0.758 bits per heavy atom. The summed E-state index contributed by atoms with van der Waals surface area (Å²) in [5, 5.41) is 23.2. The second-order valence-electron chi connectivity index (χ2n) is 20.3. The van der Waals surface area contributed by atoms with Gasteiger partial charge in [0.2, 0.25) is 5.91 Å². The Morgan fingerprint density at radius 3 is 1.15 bits per heavy atom. The summed E-state index contributed by atoms with van der Waals surface area (Å²) in [6.07, 6.45) is 67.5. The van der Waals surface area contributed by atoms with Gasteiger partial charge in [-0.2, -0.15) is 0 Å². The number of hydrogen-bond donors (Lipinski definition) is 3. The van der Waals surface area contributed by atoms with E-state index in [9.17, 15) is 19.8 Å². The van der Waals surface area contributed by atoms with Crippen molar-refractivity contribution in [3.05, 3.63) is 24.3 Å². The second-order valence-corrected chi connectivity index (χ2v) is 20.3. The molecule has 0 bridgehead atoms. The molecule has 66 heavy (non-hydrogen) atoms. The molecule has 0 rings (SSSR count). The molecule has 0 radical (unpaired) electrons. The van der Waals surface area contributed by atoms with Crippen LogP contribution < -0.4 is 5.32 Å².